The van der Waals surface area contributed by atoms with Gasteiger partial charge in [-0.05, 0) is 73.8 Å². The van der Waals surface area contributed by atoms with E-state index in [4.69, 9.17) is 0 Å². The van der Waals surface area contributed by atoms with Gasteiger partial charge in [-0.2, -0.15) is 0 Å². The van der Waals surface area contributed by atoms with Gasteiger partial charge < -0.3 is 14.7 Å². The SMILES string of the molecule is O=C1CN(CCCCN2CCC3C(C2)c2cc(F)ccc2N3c2ccc(F)cc2)C(=O)N1. The lowest BCUT2D eigenvalue weighted by Crippen LogP contribution is -2.45. The molecule has 3 aliphatic heterocycles. The average molecular weight is 440 g/mol. The molecule has 3 amide bonds. The van der Waals surface area contributed by atoms with E-state index in [0.717, 1.165) is 55.8 Å². The Hall–Kier alpha value is -3.00. The van der Waals surface area contributed by atoms with E-state index >= 15 is 0 Å². The molecule has 5 rings (SSSR count). The van der Waals surface area contributed by atoms with Crippen LogP contribution in [-0.2, 0) is 4.79 Å². The second kappa shape index (κ2) is 8.50. The van der Waals surface area contributed by atoms with Gasteiger partial charge >= 0.3 is 6.03 Å². The summed E-state index contributed by atoms with van der Waals surface area (Å²) in [5.41, 5.74) is 2.94. The zero-order valence-corrected chi connectivity index (χ0v) is 17.8. The Labute approximate surface area is 185 Å². The molecule has 2 aromatic rings. The molecule has 168 valence electrons. The van der Waals surface area contributed by atoms with Gasteiger partial charge in [0.2, 0.25) is 5.91 Å². The first-order valence-electron chi connectivity index (χ1n) is 11.1. The number of imide groups is 1. The number of benzene rings is 2. The third-order valence-electron chi connectivity index (χ3n) is 6.77. The zero-order valence-electron chi connectivity index (χ0n) is 17.8. The van der Waals surface area contributed by atoms with Gasteiger partial charge in [-0.15, -0.1) is 0 Å². The molecule has 6 nitrogen and oxygen atoms in total. The van der Waals surface area contributed by atoms with Gasteiger partial charge in [0.05, 0.1) is 0 Å². The van der Waals surface area contributed by atoms with E-state index < -0.39 is 0 Å². The molecule has 3 heterocycles. The van der Waals surface area contributed by atoms with E-state index in [-0.39, 0.29) is 42.1 Å². The fraction of sp³-hybridized carbons (Fsp3) is 0.417. The van der Waals surface area contributed by atoms with Crippen molar-refractivity contribution in [3.05, 3.63) is 59.7 Å². The van der Waals surface area contributed by atoms with Gasteiger partial charge in [0, 0.05) is 43.0 Å². The number of fused-ring (bicyclic) bond motifs is 3. The molecule has 3 aliphatic rings. The summed E-state index contributed by atoms with van der Waals surface area (Å²) in [6, 6.07) is 11.4. The third kappa shape index (κ3) is 3.95. The first-order valence-corrected chi connectivity index (χ1v) is 11.1. The highest BCUT2D eigenvalue weighted by Crippen LogP contribution is 2.48. The number of hydrogen-bond acceptors (Lipinski definition) is 4. The quantitative estimate of drug-likeness (QED) is 0.551. The van der Waals surface area contributed by atoms with E-state index in [9.17, 15) is 18.4 Å². The minimum atomic E-state index is -0.304. The lowest BCUT2D eigenvalue weighted by molar-refractivity contribution is -0.118. The van der Waals surface area contributed by atoms with Gasteiger partial charge in [0.1, 0.15) is 18.2 Å². The molecule has 8 heteroatoms. The van der Waals surface area contributed by atoms with Crippen LogP contribution in [0.15, 0.2) is 42.5 Å². The van der Waals surface area contributed by atoms with Crippen molar-refractivity contribution >= 4 is 23.3 Å². The van der Waals surface area contributed by atoms with Gasteiger partial charge in [-0.25, -0.2) is 13.6 Å². The van der Waals surface area contributed by atoms with Crippen molar-refractivity contribution < 1.29 is 18.4 Å². The van der Waals surface area contributed by atoms with Crippen molar-refractivity contribution in [3.63, 3.8) is 0 Å². The van der Waals surface area contributed by atoms with Crippen LogP contribution in [-0.4, -0.2) is 60.5 Å². The number of urea groups is 1. The molecular weight excluding hydrogens is 414 g/mol. The van der Waals surface area contributed by atoms with Crippen molar-refractivity contribution in [2.45, 2.75) is 31.2 Å². The number of piperidine rings is 1. The van der Waals surface area contributed by atoms with E-state index in [1.807, 2.05) is 6.07 Å². The van der Waals surface area contributed by atoms with E-state index in [2.05, 4.69) is 15.1 Å². The largest absolute Gasteiger partial charge is 0.337 e. The number of rotatable bonds is 6. The molecule has 0 spiro atoms. The fourth-order valence-electron chi connectivity index (χ4n) is 5.28. The standard InChI is InChI=1S/C24H26F2N4O2/c25-16-3-6-18(7-4-16)30-21-8-5-17(26)13-19(21)20-14-28(12-9-22(20)30)10-1-2-11-29-15-23(31)27-24(29)32/h3-8,13,20,22H,1-2,9-12,14-15H2,(H,27,31,32). The topological polar surface area (TPSA) is 55.9 Å². The maximum absolute atomic E-state index is 14.1. The number of hydrogen-bond donors (Lipinski definition) is 1. The first-order chi connectivity index (χ1) is 15.5. The van der Waals surface area contributed by atoms with Crippen LogP contribution in [0, 0.1) is 11.6 Å². The van der Waals surface area contributed by atoms with Gasteiger partial charge in [-0.1, -0.05) is 0 Å². The number of carbonyl (C=O) groups excluding carboxylic acids is 2. The van der Waals surface area contributed by atoms with E-state index in [0.29, 0.717) is 6.54 Å². The molecule has 32 heavy (non-hydrogen) atoms. The second-order valence-corrected chi connectivity index (χ2v) is 8.79. The van der Waals surface area contributed by atoms with Crippen molar-refractivity contribution in [2.24, 2.45) is 0 Å². The molecule has 1 N–H and O–H groups in total. The van der Waals surface area contributed by atoms with E-state index in [1.165, 1.54) is 18.2 Å². The smallest absolute Gasteiger partial charge is 0.324 e. The average Bonchev–Trinajstić information content (AvgIpc) is 3.27. The molecule has 2 fully saturated rings. The Morgan fingerprint density at radius 1 is 0.969 bits per heavy atom. The Kier molecular flexibility index (Phi) is 5.55. The Morgan fingerprint density at radius 3 is 2.47 bits per heavy atom. The number of halogens is 2. The van der Waals surface area contributed by atoms with Gasteiger partial charge in [-0.3, -0.25) is 10.1 Å². The zero-order chi connectivity index (χ0) is 22.2. The molecular formula is C24H26F2N4O2. The number of nitrogens with zero attached hydrogens (tertiary/aromatic N) is 3. The van der Waals surface area contributed by atoms with Crippen LogP contribution in [0.4, 0.5) is 25.0 Å². The molecule has 2 unspecified atom stereocenters. The van der Waals surface area contributed by atoms with Crippen LogP contribution >= 0.6 is 0 Å². The number of unbranched alkanes of at least 4 members (excludes halogenated alkanes) is 1. The Balaban J connectivity index is 1.25. The van der Waals surface area contributed by atoms with Crippen LogP contribution in [0.1, 0.15) is 30.7 Å². The number of likely N-dealkylation sites (tertiary alicyclic amines) is 1. The highest BCUT2D eigenvalue weighted by molar-refractivity contribution is 6.01. The lowest BCUT2D eigenvalue weighted by Gasteiger charge is -2.39. The minimum absolute atomic E-state index is 0.147. The molecule has 2 atom stereocenters. The number of anilines is 2. The van der Waals surface area contributed by atoms with Crippen molar-refractivity contribution in [1.82, 2.24) is 15.1 Å². The summed E-state index contributed by atoms with van der Waals surface area (Å²) >= 11 is 0. The maximum atomic E-state index is 14.1. The molecule has 0 aliphatic carbocycles. The lowest BCUT2D eigenvalue weighted by atomic mass is 9.89. The summed E-state index contributed by atoms with van der Waals surface area (Å²) in [6.07, 6.45) is 2.69. The molecule has 0 bridgehead atoms. The number of amides is 3. The molecule has 0 radical (unpaired) electrons. The molecule has 0 aromatic heterocycles. The van der Waals surface area contributed by atoms with Crippen molar-refractivity contribution in [1.29, 1.82) is 0 Å². The van der Waals surface area contributed by atoms with E-state index in [1.54, 1.807) is 23.1 Å². The van der Waals surface area contributed by atoms with Crippen molar-refractivity contribution in [3.8, 4) is 0 Å². The second-order valence-electron chi connectivity index (χ2n) is 8.79. The number of carbonyl (C=O) groups is 2. The molecule has 0 saturated carbocycles. The molecule has 2 saturated heterocycles. The van der Waals surface area contributed by atoms with Crippen LogP contribution in [0.2, 0.25) is 0 Å². The maximum Gasteiger partial charge on any atom is 0.324 e. The normalized spacial score (nSPS) is 22.8. The monoisotopic (exact) mass is 440 g/mol. The minimum Gasteiger partial charge on any atom is -0.337 e. The first kappa shape index (κ1) is 20.9. The Bertz CT molecular complexity index is 1030. The summed E-state index contributed by atoms with van der Waals surface area (Å²) in [5, 5.41) is 2.30. The predicted octanol–water partition coefficient (Wildman–Crippen LogP) is 3.61. The predicted molar refractivity (Wildman–Crippen MR) is 117 cm³/mol. The van der Waals surface area contributed by atoms with Crippen molar-refractivity contribution in [2.75, 3.05) is 37.6 Å². The van der Waals surface area contributed by atoms with Gasteiger partial charge in [0.15, 0.2) is 0 Å². The fourth-order valence-corrected chi connectivity index (χ4v) is 5.28. The Morgan fingerprint density at radius 2 is 1.72 bits per heavy atom. The summed E-state index contributed by atoms with van der Waals surface area (Å²) in [4.78, 5) is 29.1. The molecule has 2 aromatic carbocycles. The summed E-state index contributed by atoms with van der Waals surface area (Å²) in [6.45, 7) is 3.38. The number of nitrogens with one attached hydrogen (secondary N) is 1. The van der Waals surface area contributed by atoms with Crippen LogP contribution in [0.5, 0.6) is 0 Å². The highest BCUT2D eigenvalue weighted by Gasteiger charge is 2.42. The van der Waals surface area contributed by atoms with Gasteiger partial charge in [0.25, 0.3) is 0 Å². The van der Waals surface area contributed by atoms with Crippen LogP contribution < -0.4 is 10.2 Å². The third-order valence-corrected chi connectivity index (χ3v) is 6.77. The summed E-state index contributed by atoms with van der Waals surface area (Å²) < 4.78 is 27.6. The van der Waals surface area contributed by atoms with Crippen LogP contribution in [0.3, 0.4) is 0 Å². The summed E-state index contributed by atoms with van der Waals surface area (Å²) in [5.74, 6) is -0.565. The van der Waals surface area contributed by atoms with Crippen LogP contribution in [0.25, 0.3) is 0 Å². The summed E-state index contributed by atoms with van der Waals surface area (Å²) in [7, 11) is 0. The highest BCUT2D eigenvalue weighted by atomic mass is 19.1.